The van der Waals surface area contributed by atoms with Crippen molar-refractivity contribution in [3.05, 3.63) is 63.4 Å². The molecule has 1 aliphatic rings. The van der Waals surface area contributed by atoms with Crippen LogP contribution in [0.4, 0.5) is 4.39 Å². The molecule has 0 fully saturated rings. The van der Waals surface area contributed by atoms with Crippen LogP contribution in [0.1, 0.15) is 53.2 Å². The first-order valence-corrected chi connectivity index (χ1v) is 7.78. The van der Waals surface area contributed by atoms with Gasteiger partial charge in [-0.05, 0) is 18.5 Å². The fourth-order valence-corrected chi connectivity index (χ4v) is 2.87. The fourth-order valence-electron chi connectivity index (χ4n) is 2.64. The first-order valence-electron chi connectivity index (χ1n) is 9.90. The quantitative estimate of drug-likeness (QED) is 0.839. The van der Waals surface area contributed by atoms with Crippen LogP contribution < -0.4 is 10.5 Å². The number of rotatable bonds is 4. The smallest absolute Gasteiger partial charge is 0.197 e. The zero-order chi connectivity index (χ0) is 22.4. The molecule has 0 bridgehead atoms. The second-order valence-electron chi connectivity index (χ2n) is 5.60. The van der Waals surface area contributed by atoms with Gasteiger partial charge in [-0.1, -0.05) is 36.7 Å². The van der Waals surface area contributed by atoms with Crippen LogP contribution in [0.5, 0.6) is 5.75 Å². The van der Waals surface area contributed by atoms with Crippen molar-refractivity contribution in [2.24, 2.45) is 5.73 Å². The molecule has 1 atom stereocenters. The molecule has 0 amide bonds. The summed E-state index contributed by atoms with van der Waals surface area (Å²) >= 11 is 6.04. The summed E-state index contributed by atoms with van der Waals surface area (Å²) in [6, 6.07) is 4.64. The van der Waals surface area contributed by atoms with Gasteiger partial charge in [0.1, 0.15) is 18.2 Å². The molecule has 0 unspecified atom stereocenters. The van der Waals surface area contributed by atoms with Gasteiger partial charge in [0, 0.05) is 36.0 Å². The number of Topliss-reactive ketones (excluding diaryl/α,β-unsaturated/α-hetero) is 1. The van der Waals surface area contributed by atoms with Gasteiger partial charge in [-0.2, -0.15) is 0 Å². The molecule has 0 saturated heterocycles. The van der Waals surface area contributed by atoms with E-state index < -0.39 is 42.0 Å². The molecule has 0 saturated carbocycles. The minimum absolute atomic E-state index is 0.0356. The molecule has 2 N–H and O–H groups in total. The number of halogens is 2. The Bertz CT molecular complexity index is 1040. The zero-order valence-corrected chi connectivity index (χ0v) is 13.7. The lowest BCUT2D eigenvalue weighted by Crippen LogP contribution is -2.20. The van der Waals surface area contributed by atoms with E-state index in [4.69, 9.17) is 28.9 Å². The SMILES string of the molecule is [2H]C([2H])([2H])C([2H])([2H])[C@@H](N)c1ccc(Cl)c(C(=O)c2ccc3c(c2)OCC(=O)C3)c1F. The first-order chi connectivity index (χ1) is 13.8. The van der Waals surface area contributed by atoms with Crippen LogP contribution >= 0.6 is 11.6 Å². The van der Waals surface area contributed by atoms with E-state index in [1.165, 1.54) is 18.2 Å². The number of benzene rings is 2. The summed E-state index contributed by atoms with van der Waals surface area (Å²) in [6.07, 6.45) is -2.79. The van der Waals surface area contributed by atoms with E-state index in [0.29, 0.717) is 11.3 Å². The van der Waals surface area contributed by atoms with Crippen LogP contribution in [0.15, 0.2) is 30.3 Å². The van der Waals surface area contributed by atoms with Gasteiger partial charge in [-0.15, -0.1) is 0 Å². The predicted octanol–water partition coefficient (Wildman–Crippen LogP) is 3.62. The topological polar surface area (TPSA) is 69.4 Å². The van der Waals surface area contributed by atoms with Crippen molar-refractivity contribution >= 4 is 23.2 Å². The summed E-state index contributed by atoms with van der Waals surface area (Å²) in [5.74, 6) is -1.80. The van der Waals surface area contributed by atoms with Gasteiger partial charge in [0.2, 0.25) is 0 Å². The lowest BCUT2D eigenvalue weighted by Gasteiger charge is -2.18. The molecule has 1 aliphatic heterocycles. The maximum atomic E-state index is 15.2. The standard InChI is InChI=1S/C19H17ClFNO3/c1-2-15(22)13-5-6-14(20)17(18(13)21)19(24)11-4-3-10-7-12(23)9-25-16(10)8-11/h3-6,8,15H,2,7,9,22H2,1H3/t15-/m1/s1/i1D3,2D2. The van der Waals surface area contributed by atoms with Crippen molar-refractivity contribution in [1.29, 1.82) is 0 Å². The van der Waals surface area contributed by atoms with Gasteiger partial charge < -0.3 is 10.5 Å². The Hall–Kier alpha value is -2.24. The highest BCUT2D eigenvalue weighted by molar-refractivity contribution is 6.35. The average molecular weight is 367 g/mol. The molecular formula is C19H17ClFNO3. The summed E-state index contributed by atoms with van der Waals surface area (Å²) in [4.78, 5) is 24.4. The second-order valence-corrected chi connectivity index (χ2v) is 6.01. The number of fused-ring (bicyclic) bond motifs is 1. The highest BCUT2D eigenvalue weighted by Gasteiger charge is 2.24. The number of hydrogen-bond acceptors (Lipinski definition) is 4. The molecule has 0 aliphatic carbocycles. The Morgan fingerprint density at radius 3 is 3.04 bits per heavy atom. The van der Waals surface area contributed by atoms with E-state index in [1.807, 2.05) is 0 Å². The summed E-state index contributed by atoms with van der Waals surface area (Å²) < 4.78 is 58.1. The van der Waals surface area contributed by atoms with Crippen LogP contribution in [-0.4, -0.2) is 18.2 Å². The van der Waals surface area contributed by atoms with Gasteiger partial charge in [0.15, 0.2) is 11.6 Å². The van der Waals surface area contributed by atoms with Gasteiger partial charge >= 0.3 is 0 Å². The molecule has 2 aromatic rings. The minimum Gasteiger partial charge on any atom is -0.486 e. The highest BCUT2D eigenvalue weighted by atomic mass is 35.5. The number of ether oxygens (including phenoxy) is 1. The Morgan fingerprint density at radius 2 is 2.28 bits per heavy atom. The zero-order valence-electron chi connectivity index (χ0n) is 17.9. The summed E-state index contributed by atoms with van der Waals surface area (Å²) in [7, 11) is 0. The Balaban J connectivity index is 2.04. The van der Waals surface area contributed by atoms with Gasteiger partial charge in [0.25, 0.3) is 0 Å². The van der Waals surface area contributed by atoms with E-state index in [1.54, 1.807) is 0 Å². The first kappa shape index (κ1) is 12.2. The van der Waals surface area contributed by atoms with Crippen molar-refractivity contribution in [1.82, 2.24) is 0 Å². The van der Waals surface area contributed by atoms with Gasteiger partial charge in [0.05, 0.1) is 10.6 Å². The van der Waals surface area contributed by atoms with Crippen molar-refractivity contribution in [3.8, 4) is 5.75 Å². The number of ketones is 2. The number of nitrogens with two attached hydrogens (primary N) is 1. The lowest BCUT2D eigenvalue weighted by molar-refractivity contribution is -0.121. The molecule has 4 nitrogen and oxygen atoms in total. The van der Waals surface area contributed by atoms with Crippen LogP contribution in [0, 0.1) is 5.82 Å². The maximum Gasteiger partial charge on any atom is 0.197 e. The van der Waals surface area contributed by atoms with Crippen molar-refractivity contribution in [2.45, 2.75) is 25.7 Å². The highest BCUT2D eigenvalue weighted by Crippen LogP contribution is 2.31. The summed E-state index contributed by atoms with van der Waals surface area (Å²) in [5.41, 5.74) is 5.33. The Kier molecular flexibility index (Phi) is 3.38. The van der Waals surface area contributed by atoms with Crippen LogP contribution in [0.25, 0.3) is 0 Å². The molecular weight excluding hydrogens is 345 g/mol. The van der Waals surface area contributed by atoms with Crippen molar-refractivity contribution in [3.63, 3.8) is 0 Å². The molecule has 0 aromatic heterocycles. The molecule has 25 heavy (non-hydrogen) atoms. The molecule has 0 radical (unpaired) electrons. The third kappa shape index (κ3) is 3.30. The normalized spacial score (nSPS) is 18.7. The third-order valence-electron chi connectivity index (χ3n) is 3.94. The van der Waals surface area contributed by atoms with Gasteiger partial charge in [-0.3, -0.25) is 9.59 Å². The van der Waals surface area contributed by atoms with Crippen molar-refractivity contribution < 1.29 is 25.6 Å². The molecule has 0 spiro atoms. The molecule has 130 valence electrons. The molecule has 2 aromatic carbocycles. The molecule has 6 heteroatoms. The molecule has 1 heterocycles. The third-order valence-corrected chi connectivity index (χ3v) is 4.26. The Labute approximate surface area is 156 Å². The van der Waals surface area contributed by atoms with Crippen molar-refractivity contribution in [2.75, 3.05) is 6.61 Å². The van der Waals surface area contributed by atoms with Crippen LogP contribution in [-0.2, 0) is 11.2 Å². The minimum atomic E-state index is -3.12. The largest absolute Gasteiger partial charge is 0.486 e. The van der Waals surface area contributed by atoms with E-state index in [-0.39, 0.29) is 29.4 Å². The predicted molar refractivity (Wildman–Crippen MR) is 92.7 cm³/mol. The maximum absolute atomic E-state index is 15.2. The van der Waals surface area contributed by atoms with Gasteiger partial charge in [-0.25, -0.2) is 4.39 Å². The monoisotopic (exact) mass is 366 g/mol. The van der Waals surface area contributed by atoms with E-state index >= 15 is 4.39 Å². The number of hydrogen-bond donors (Lipinski definition) is 1. The van der Waals surface area contributed by atoms with E-state index in [9.17, 15) is 9.59 Å². The Morgan fingerprint density at radius 1 is 1.48 bits per heavy atom. The average Bonchev–Trinajstić information content (AvgIpc) is 2.66. The molecule has 3 rings (SSSR count). The van der Waals surface area contributed by atoms with Crippen LogP contribution in [0.2, 0.25) is 5.02 Å². The second kappa shape index (κ2) is 6.94. The van der Waals surface area contributed by atoms with E-state index in [2.05, 4.69) is 0 Å². The fraction of sp³-hybridized carbons (Fsp3) is 0.263. The summed E-state index contributed by atoms with van der Waals surface area (Å²) in [6.45, 7) is -3.25. The van der Waals surface area contributed by atoms with Crippen LogP contribution in [0.3, 0.4) is 0 Å². The lowest BCUT2D eigenvalue weighted by atomic mass is 9.95. The summed E-state index contributed by atoms with van der Waals surface area (Å²) in [5, 5.41) is -0.239. The number of carbonyl (C=O) groups excluding carboxylic acids is 2. The van der Waals surface area contributed by atoms with E-state index in [0.717, 1.165) is 12.1 Å². The number of carbonyl (C=O) groups is 2.